The lowest BCUT2D eigenvalue weighted by Gasteiger charge is -2.17. The van der Waals surface area contributed by atoms with Crippen molar-refractivity contribution in [2.75, 3.05) is 23.3 Å². The van der Waals surface area contributed by atoms with Crippen LogP contribution in [0.5, 0.6) is 0 Å². The van der Waals surface area contributed by atoms with Gasteiger partial charge in [0.1, 0.15) is 5.69 Å². The van der Waals surface area contributed by atoms with Gasteiger partial charge in [-0.15, -0.1) is 0 Å². The molecule has 0 atom stereocenters. The normalized spacial score (nSPS) is 17.5. The van der Waals surface area contributed by atoms with E-state index in [0.717, 1.165) is 31.6 Å². The fourth-order valence-corrected chi connectivity index (χ4v) is 3.73. The monoisotopic (exact) mass is 351 g/mol. The molecule has 1 aliphatic carbocycles. The Labute approximate surface area is 154 Å². The molecule has 2 aromatic rings. The van der Waals surface area contributed by atoms with Crippen LogP contribution >= 0.6 is 0 Å². The lowest BCUT2D eigenvalue weighted by atomic mass is 10.2. The van der Waals surface area contributed by atoms with E-state index in [-0.39, 0.29) is 11.9 Å². The van der Waals surface area contributed by atoms with Crippen LogP contribution in [-0.4, -0.2) is 35.0 Å². The highest BCUT2D eigenvalue weighted by Crippen LogP contribution is 2.23. The zero-order chi connectivity index (χ0) is 17.8. The number of anilines is 3. The summed E-state index contributed by atoms with van der Waals surface area (Å²) in [5.74, 6) is 0.324. The highest BCUT2D eigenvalue weighted by molar-refractivity contribution is 5.92. The Morgan fingerprint density at radius 3 is 2.46 bits per heavy atom. The van der Waals surface area contributed by atoms with E-state index in [4.69, 9.17) is 0 Å². The second-order valence-corrected chi connectivity index (χ2v) is 7.09. The molecule has 0 bridgehead atoms. The van der Waals surface area contributed by atoms with Gasteiger partial charge in [0, 0.05) is 36.7 Å². The summed E-state index contributed by atoms with van der Waals surface area (Å²) in [6.07, 6.45) is 8.66. The molecule has 0 spiro atoms. The summed E-state index contributed by atoms with van der Waals surface area (Å²) in [5, 5.41) is 6.25. The predicted molar refractivity (Wildman–Crippen MR) is 103 cm³/mol. The largest absolute Gasteiger partial charge is 0.372 e. The van der Waals surface area contributed by atoms with Gasteiger partial charge < -0.3 is 15.5 Å². The molecular weight excluding hydrogens is 326 g/mol. The summed E-state index contributed by atoms with van der Waals surface area (Å²) in [6, 6.07) is 10.2. The van der Waals surface area contributed by atoms with E-state index in [1.807, 2.05) is 12.1 Å². The van der Waals surface area contributed by atoms with Crippen molar-refractivity contribution in [2.45, 2.75) is 44.6 Å². The first kappa shape index (κ1) is 16.8. The van der Waals surface area contributed by atoms with E-state index in [2.05, 4.69) is 37.6 Å². The second-order valence-electron chi connectivity index (χ2n) is 7.09. The number of hydrogen-bond acceptors (Lipinski definition) is 5. The topological polar surface area (TPSA) is 70.2 Å². The number of rotatable bonds is 5. The van der Waals surface area contributed by atoms with Crippen molar-refractivity contribution in [3.05, 3.63) is 42.2 Å². The molecule has 26 heavy (non-hydrogen) atoms. The number of carbonyl (C=O) groups excluding carboxylic acids is 1. The third kappa shape index (κ3) is 3.95. The van der Waals surface area contributed by atoms with Gasteiger partial charge in [0.2, 0.25) is 5.95 Å². The van der Waals surface area contributed by atoms with Crippen LogP contribution in [0.15, 0.2) is 36.5 Å². The maximum atomic E-state index is 12.4. The van der Waals surface area contributed by atoms with Crippen LogP contribution in [0, 0.1) is 0 Å². The number of nitrogens with zero attached hydrogens (tertiary/aromatic N) is 3. The Bertz CT molecular complexity index is 749. The van der Waals surface area contributed by atoms with E-state index < -0.39 is 0 Å². The van der Waals surface area contributed by atoms with Gasteiger partial charge in [-0.25, -0.2) is 9.97 Å². The molecule has 0 radical (unpaired) electrons. The third-order valence-electron chi connectivity index (χ3n) is 5.17. The van der Waals surface area contributed by atoms with Crippen LogP contribution in [0.25, 0.3) is 0 Å². The molecule has 1 aromatic carbocycles. The van der Waals surface area contributed by atoms with Crippen LogP contribution in [0.3, 0.4) is 0 Å². The van der Waals surface area contributed by atoms with Crippen molar-refractivity contribution in [2.24, 2.45) is 0 Å². The van der Waals surface area contributed by atoms with Gasteiger partial charge in [0.15, 0.2) is 0 Å². The van der Waals surface area contributed by atoms with Crippen LogP contribution in [0.4, 0.5) is 17.3 Å². The van der Waals surface area contributed by atoms with E-state index >= 15 is 0 Å². The Balaban J connectivity index is 1.40. The molecular formula is C20H25N5O. The molecule has 1 saturated heterocycles. The van der Waals surface area contributed by atoms with Crippen LogP contribution in [0.2, 0.25) is 0 Å². The summed E-state index contributed by atoms with van der Waals surface area (Å²) in [6.45, 7) is 2.27. The molecule has 2 fully saturated rings. The standard InChI is InChI=1S/C20H25N5O/c26-19(22-15-5-1-2-6-15)18-11-12-21-20(24-18)23-16-7-9-17(10-8-16)25-13-3-4-14-25/h7-12,15H,1-6,13-14H2,(H,22,26)(H,21,23,24). The molecule has 1 amide bonds. The molecule has 0 unspecified atom stereocenters. The molecule has 1 aromatic heterocycles. The van der Waals surface area contributed by atoms with Gasteiger partial charge in [-0.05, 0) is 56.0 Å². The zero-order valence-corrected chi connectivity index (χ0v) is 14.9. The molecule has 2 heterocycles. The lowest BCUT2D eigenvalue weighted by Crippen LogP contribution is -2.33. The summed E-state index contributed by atoms with van der Waals surface area (Å²) >= 11 is 0. The third-order valence-corrected chi connectivity index (χ3v) is 5.17. The van der Waals surface area contributed by atoms with Crippen molar-refractivity contribution in [1.82, 2.24) is 15.3 Å². The molecule has 6 nitrogen and oxygen atoms in total. The molecule has 136 valence electrons. The Morgan fingerprint density at radius 2 is 1.73 bits per heavy atom. The molecule has 4 rings (SSSR count). The number of aromatic nitrogens is 2. The molecule has 2 N–H and O–H groups in total. The zero-order valence-electron chi connectivity index (χ0n) is 14.9. The molecule has 1 saturated carbocycles. The number of carbonyl (C=O) groups is 1. The van der Waals surface area contributed by atoms with Crippen molar-refractivity contribution in [3.63, 3.8) is 0 Å². The first-order valence-corrected chi connectivity index (χ1v) is 9.54. The molecule has 2 aliphatic rings. The fraction of sp³-hybridized carbons (Fsp3) is 0.450. The quantitative estimate of drug-likeness (QED) is 0.863. The Morgan fingerprint density at radius 1 is 1.00 bits per heavy atom. The van der Waals surface area contributed by atoms with Gasteiger partial charge in [-0.1, -0.05) is 12.8 Å². The van der Waals surface area contributed by atoms with E-state index in [1.165, 1.54) is 31.4 Å². The van der Waals surface area contributed by atoms with Crippen molar-refractivity contribution in [3.8, 4) is 0 Å². The number of nitrogens with one attached hydrogen (secondary N) is 2. The minimum absolute atomic E-state index is 0.119. The van der Waals surface area contributed by atoms with Gasteiger partial charge in [-0.3, -0.25) is 4.79 Å². The number of amides is 1. The van der Waals surface area contributed by atoms with Gasteiger partial charge in [0.25, 0.3) is 5.91 Å². The van der Waals surface area contributed by atoms with Gasteiger partial charge >= 0.3 is 0 Å². The Kier molecular flexibility index (Phi) is 5.00. The molecule has 1 aliphatic heterocycles. The van der Waals surface area contributed by atoms with E-state index in [1.54, 1.807) is 12.3 Å². The minimum atomic E-state index is -0.119. The summed E-state index contributed by atoms with van der Waals surface area (Å²) in [4.78, 5) is 23.4. The van der Waals surface area contributed by atoms with Crippen LogP contribution in [-0.2, 0) is 0 Å². The summed E-state index contributed by atoms with van der Waals surface area (Å²) in [7, 11) is 0. The number of benzene rings is 1. The summed E-state index contributed by atoms with van der Waals surface area (Å²) < 4.78 is 0. The van der Waals surface area contributed by atoms with Crippen molar-refractivity contribution in [1.29, 1.82) is 0 Å². The average molecular weight is 351 g/mol. The van der Waals surface area contributed by atoms with Gasteiger partial charge in [-0.2, -0.15) is 0 Å². The highest BCUT2D eigenvalue weighted by Gasteiger charge is 2.19. The maximum absolute atomic E-state index is 12.4. The smallest absolute Gasteiger partial charge is 0.270 e. The van der Waals surface area contributed by atoms with E-state index in [9.17, 15) is 4.79 Å². The molecule has 6 heteroatoms. The average Bonchev–Trinajstić information content (AvgIpc) is 3.36. The second kappa shape index (κ2) is 7.72. The summed E-state index contributed by atoms with van der Waals surface area (Å²) in [5.41, 5.74) is 2.57. The highest BCUT2D eigenvalue weighted by atomic mass is 16.1. The first-order valence-electron chi connectivity index (χ1n) is 9.54. The van der Waals surface area contributed by atoms with Gasteiger partial charge in [0.05, 0.1) is 0 Å². The lowest BCUT2D eigenvalue weighted by molar-refractivity contribution is 0.0933. The van der Waals surface area contributed by atoms with Crippen LogP contribution in [0.1, 0.15) is 49.0 Å². The van der Waals surface area contributed by atoms with Crippen molar-refractivity contribution >= 4 is 23.2 Å². The predicted octanol–water partition coefficient (Wildman–Crippen LogP) is 3.49. The minimum Gasteiger partial charge on any atom is -0.372 e. The Hall–Kier alpha value is -2.63. The first-order chi connectivity index (χ1) is 12.8. The van der Waals surface area contributed by atoms with Crippen molar-refractivity contribution < 1.29 is 4.79 Å². The SMILES string of the molecule is O=C(NC1CCCC1)c1ccnc(Nc2ccc(N3CCCC3)cc2)n1. The maximum Gasteiger partial charge on any atom is 0.270 e. The van der Waals surface area contributed by atoms with Crippen LogP contribution < -0.4 is 15.5 Å². The fourth-order valence-electron chi connectivity index (χ4n) is 3.73. The van der Waals surface area contributed by atoms with E-state index in [0.29, 0.717) is 11.6 Å². The number of hydrogen-bond donors (Lipinski definition) is 2.